The summed E-state index contributed by atoms with van der Waals surface area (Å²) < 4.78 is 1.17. The van der Waals surface area contributed by atoms with Crippen molar-refractivity contribution in [2.75, 3.05) is 25.0 Å². The Balaban J connectivity index is 2.05. The molecule has 0 aromatic heterocycles. The Morgan fingerprint density at radius 3 is 2.70 bits per heavy atom. The van der Waals surface area contributed by atoms with E-state index in [9.17, 15) is 0 Å². The average molecular weight is 339 g/mol. The summed E-state index contributed by atoms with van der Waals surface area (Å²) in [4.78, 5) is 2.45. The lowest BCUT2D eigenvalue weighted by Crippen LogP contribution is -2.28. The number of hydrogen-bond donors (Lipinski definition) is 1. The molecule has 2 rings (SSSR count). The molecule has 1 saturated carbocycles. The van der Waals surface area contributed by atoms with Gasteiger partial charge in [0.2, 0.25) is 0 Å². The summed E-state index contributed by atoms with van der Waals surface area (Å²) in [6, 6.07) is 6.65. The molecule has 0 saturated heterocycles. The van der Waals surface area contributed by atoms with E-state index in [1.807, 2.05) is 0 Å². The van der Waals surface area contributed by atoms with Crippen LogP contribution in [-0.2, 0) is 6.54 Å². The van der Waals surface area contributed by atoms with Gasteiger partial charge in [-0.2, -0.15) is 0 Å². The predicted octanol–water partition coefficient (Wildman–Crippen LogP) is 4.58. The van der Waals surface area contributed by atoms with Crippen molar-refractivity contribution in [3.8, 4) is 0 Å². The minimum Gasteiger partial charge on any atom is -0.374 e. The van der Waals surface area contributed by atoms with Crippen molar-refractivity contribution < 1.29 is 0 Å². The van der Waals surface area contributed by atoms with Crippen LogP contribution < -0.4 is 10.2 Å². The second-order valence-electron chi connectivity index (χ2n) is 5.94. The Hall–Kier alpha value is -0.540. The third-order valence-corrected chi connectivity index (χ3v) is 4.77. The lowest BCUT2D eigenvalue weighted by Gasteiger charge is -2.30. The summed E-state index contributed by atoms with van der Waals surface area (Å²) in [6.45, 7) is 5.31. The zero-order chi connectivity index (χ0) is 14.4. The summed E-state index contributed by atoms with van der Waals surface area (Å²) in [5, 5.41) is 3.44. The molecule has 3 heteroatoms. The summed E-state index contributed by atoms with van der Waals surface area (Å²) in [7, 11) is 2.24. The van der Waals surface area contributed by atoms with Crippen LogP contribution in [0.5, 0.6) is 0 Å². The molecule has 0 atom stereocenters. The molecule has 1 aromatic rings. The van der Waals surface area contributed by atoms with Crippen LogP contribution in [0.4, 0.5) is 5.69 Å². The second-order valence-corrected chi connectivity index (χ2v) is 6.85. The number of rotatable bonds is 6. The van der Waals surface area contributed by atoms with Crippen molar-refractivity contribution in [1.29, 1.82) is 0 Å². The van der Waals surface area contributed by atoms with Gasteiger partial charge in [-0.25, -0.2) is 0 Å². The first-order chi connectivity index (χ1) is 9.70. The molecule has 1 fully saturated rings. The Labute approximate surface area is 132 Å². The molecule has 0 radical (unpaired) electrons. The van der Waals surface area contributed by atoms with Gasteiger partial charge in [-0.3, -0.25) is 0 Å². The molecule has 112 valence electrons. The number of anilines is 1. The van der Waals surface area contributed by atoms with E-state index in [1.54, 1.807) is 0 Å². The van der Waals surface area contributed by atoms with Crippen molar-refractivity contribution in [3.63, 3.8) is 0 Å². The first-order valence-corrected chi connectivity index (χ1v) is 8.70. The fourth-order valence-corrected chi connectivity index (χ4v) is 3.59. The third kappa shape index (κ3) is 4.49. The van der Waals surface area contributed by atoms with E-state index in [4.69, 9.17) is 0 Å². The summed E-state index contributed by atoms with van der Waals surface area (Å²) >= 11 is 3.59. The minimum absolute atomic E-state index is 0.879. The van der Waals surface area contributed by atoms with Crippen LogP contribution in [0.15, 0.2) is 22.7 Å². The molecule has 0 unspecified atom stereocenters. The lowest BCUT2D eigenvalue weighted by molar-refractivity contribution is 0.362. The van der Waals surface area contributed by atoms with Gasteiger partial charge in [-0.15, -0.1) is 0 Å². The average Bonchev–Trinajstić information content (AvgIpc) is 2.46. The monoisotopic (exact) mass is 338 g/mol. The van der Waals surface area contributed by atoms with Crippen molar-refractivity contribution in [3.05, 3.63) is 28.2 Å². The maximum Gasteiger partial charge on any atom is 0.0410 e. The van der Waals surface area contributed by atoms with Crippen molar-refractivity contribution >= 4 is 21.6 Å². The quantitative estimate of drug-likeness (QED) is 0.816. The predicted molar refractivity (Wildman–Crippen MR) is 91.4 cm³/mol. The molecule has 1 aromatic carbocycles. The first kappa shape index (κ1) is 15.8. The largest absolute Gasteiger partial charge is 0.374 e. The molecule has 20 heavy (non-hydrogen) atoms. The standard InChI is InChI=1S/C17H27BrN2/c1-3-19-12-15-11-16(18)9-10-17(15)20(2)13-14-7-5-4-6-8-14/h9-11,14,19H,3-8,12-13H2,1-2H3. The zero-order valence-corrected chi connectivity index (χ0v) is 14.4. The molecule has 0 amide bonds. The molecular formula is C17H27BrN2. The molecule has 2 nitrogen and oxygen atoms in total. The number of hydrogen-bond acceptors (Lipinski definition) is 2. The molecule has 0 aliphatic heterocycles. The third-order valence-electron chi connectivity index (χ3n) is 4.28. The van der Waals surface area contributed by atoms with Crippen LogP contribution in [-0.4, -0.2) is 20.1 Å². The van der Waals surface area contributed by atoms with Crippen LogP contribution in [0.1, 0.15) is 44.6 Å². The van der Waals surface area contributed by atoms with E-state index in [0.717, 1.165) is 19.0 Å². The first-order valence-electron chi connectivity index (χ1n) is 7.91. The number of nitrogens with one attached hydrogen (secondary N) is 1. The van der Waals surface area contributed by atoms with Gasteiger partial charge < -0.3 is 10.2 Å². The van der Waals surface area contributed by atoms with Crippen molar-refractivity contribution in [1.82, 2.24) is 5.32 Å². The fourth-order valence-electron chi connectivity index (χ4n) is 3.18. The molecule has 0 spiro atoms. The Bertz CT molecular complexity index is 413. The maximum absolute atomic E-state index is 3.59. The van der Waals surface area contributed by atoms with Crippen LogP contribution in [0, 0.1) is 5.92 Å². The van der Waals surface area contributed by atoms with E-state index in [0.29, 0.717) is 0 Å². The Kier molecular flexibility index (Phi) is 6.37. The highest BCUT2D eigenvalue weighted by Gasteiger charge is 2.17. The van der Waals surface area contributed by atoms with E-state index in [-0.39, 0.29) is 0 Å². The maximum atomic E-state index is 3.59. The fraction of sp³-hybridized carbons (Fsp3) is 0.647. The second kappa shape index (κ2) is 8.04. The molecule has 1 aliphatic carbocycles. The Morgan fingerprint density at radius 1 is 1.25 bits per heavy atom. The van der Waals surface area contributed by atoms with Gasteiger partial charge >= 0.3 is 0 Å². The molecule has 1 aliphatic rings. The highest BCUT2D eigenvalue weighted by Crippen LogP contribution is 2.28. The van der Waals surface area contributed by atoms with Gasteiger partial charge in [-0.1, -0.05) is 42.1 Å². The van der Waals surface area contributed by atoms with Crippen LogP contribution in [0.25, 0.3) is 0 Å². The number of nitrogens with zero attached hydrogens (tertiary/aromatic N) is 1. The minimum atomic E-state index is 0.879. The Morgan fingerprint density at radius 2 is 2.00 bits per heavy atom. The lowest BCUT2D eigenvalue weighted by atomic mass is 9.89. The van der Waals surface area contributed by atoms with Crippen LogP contribution in [0.2, 0.25) is 0 Å². The van der Waals surface area contributed by atoms with E-state index < -0.39 is 0 Å². The van der Waals surface area contributed by atoms with E-state index in [1.165, 1.54) is 54.4 Å². The van der Waals surface area contributed by atoms with Gasteiger partial charge in [0.25, 0.3) is 0 Å². The summed E-state index contributed by atoms with van der Waals surface area (Å²) in [5.74, 6) is 0.879. The molecule has 0 bridgehead atoms. The van der Waals surface area contributed by atoms with Crippen LogP contribution in [0.3, 0.4) is 0 Å². The van der Waals surface area contributed by atoms with Crippen LogP contribution >= 0.6 is 15.9 Å². The molecule has 1 N–H and O–H groups in total. The SMILES string of the molecule is CCNCc1cc(Br)ccc1N(C)CC1CCCCC1. The number of benzene rings is 1. The van der Waals surface area contributed by atoms with Gasteiger partial charge in [-0.05, 0) is 49.1 Å². The van der Waals surface area contributed by atoms with Crippen molar-refractivity contribution in [2.24, 2.45) is 5.92 Å². The highest BCUT2D eigenvalue weighted by molar-refractivity contribution is 9.10. The van der Waals surface area contributed by atoms with Gasteiger partial charge in [0, 0.05) is 30.3 Å². The molecule has 0 heterocycles. The van der Waals surface area contributed by atoms with Gasteiger partial charge in [0.1, 0.15) is 0 Å². The van der Waals surface area contributed by atoms with E-state index >= 15 is 0 Å². The number of halogens is 1. The van der Waals surface area contributed by atoms with E-state index in [2.05, 4.69) is 58.3 Å². The zero-order valence-electron chi connectivity index (χ0n) is 12.8. The molecular weight excluding hydrogens is 312 g/mol. The summed E-state index contributed by atoms with van der Waals surface area (Å²) in [6.07, 6.45) is 7.09. The van der Waals surface area contributed by atoms with Gasteiger partial charge in [0.05, 0.1) is 0 Å². The normalized spacial score (nSPS) is 16.4. The smallest absolute Gasteiger partial charge is 0.0410 e. The van der Waals surface area contributed by atoms with Crippen molar-refractivity contribution in [2.45, 2.75) is 45.6 Å². The topological polar surface area (TPSA) is 15.3 Å². The highest BCUT2D eigenvalue weighted by atomic mass is 79.9. The summed E-state index contributed by atoms with van der Waals surface area (Å²) in [5.41, 5.74) is 2.76. The van der Waals surface area contributed by atoms with Gasteiger partial charge in [0.15, 0.2) is 0 Å².